The lowest BCUT2D eigenvalue weighted by Crippen LogP contribution is -2.45. The lowest BCUT2D eigenvalue weighted by molar-refractivity contribution is 0.0150. The van der Waals surface area contributed by atoms with E-state index in [1.165, 1.54) is 0 Å². The van der Waals surface area contributed by atoms with Crippen LogP contribution in [-0.4, -0.2) is 49.7 Å². The van der Waals surface area contributed by atoms with Gasteiger partial charge in [0.1, 0.15) is 5.60 Å². The normalized spacial score (nSPS) is 17.6. The van der Waals surface area contributed by atoms with Gasteiger partial charge in [-0.25, -0.2) is 15.3 Å². The molecule has 1 atom stereocenters. The zero-order chi connectivity index (χ0) is 17.3. The number of aromatic nitrogens is 2. The van der Waals surface area contributed by atoms with Gasteiger partial charge in [0.25, 0.3) is 0 Å². The highest BCUT2D eigenvalue weighted by atomic mass is 27.1. The molecule has 24 heavy (non-hydrogen) atoms. The topological polar surface area (TPSA) is 76.6 Å². The number of carbonyl (C=O) groups excluding carboxylic acids is 1. The maximum atomic E-state index is 12.4. The summed E-state index contributed by atoms with van der Waals surface area (Å²) in [6, 6.07) is 3.79. The van der Waals surface area contributed by atoms with Gasteiger partial charge in [-0.1, -0.05) is 0 Å². The lowest BCUT2D eigenvalue weighted by Gasteiger charge is -2.35. The molecule has 0 spiro atoms. The molecule has 2 aromatic rings. The molecule has 1 aliphatic heterocycles. The first kappa shape index (κ1) is 17.1. The molecule has 1 N–H and O–H groups in total. The first-order valence-electron chi connectivity index (χ1n) is 7.70. The van der Waals surface area contributed by atoms with Crippen molar-refractivity contribution in [2.45, 2.75) is 39.0 Å². The van der Waals surface area contributed by atoms with E-state index in [2.05, 4.69) is 38.1 Å². The first-order chi connectivity index (χ1) is 11.4. The molecule has 8 heteroatoms. The zero-order valence-corrected chi connectivity index (χ0v) is 15.1. The summed E-state index contributed by atoms with van der Waals surface area (Å²) in [4.78, 5) is 22.8. The summed E-state index contributed by atoms with van der Waals surface area (Å²) in [5, 5.41) is 1.00. The third-order valence-electron chi connectivity index (χ3n) is 3.71. The van der Waals surface area contributed by atoms with Gasteiger partial charge in [-0.2, -0.15) is 0 Å². The Morgan fingerprint density at radius 3 is 2.96 bits per heavy atom. The van der Waals surface area contributed by atoms with Crippen molar-refractivity contribution in [3.8, 4) is 0 Å². The van der Waals surface area contributed by atoms with Gasteiger partial charge in [0, 0.05) is 18.1 Å². The van der Waals surface area contributed by atoms with Gasteiger partial charge in [0.15, 0.2) is 0 Å². The Kier molecular flexibility index (Phi) is 4.74. The summed E-state index contributed by atoms with van der Waals surface area (Å²) in [6.45, 7) is 6.38. The molecular weight excluding hydrogens is 323 g/mol. The number of hydrogen-bond acceptors (Lipinski definition) is 6. The maximum absolute atomic E-state index is 12.4. The lowest BCUT2D eigenvalue weighted by atomic mass is 9.99. The molecule has 124 valence electrons. The standard InChI is InChI=1S/C16H19N4O3.Al/c1-16(2,3)23-15(21)20-8-13-11(14(9-20)19-22)6-10-4-5-17-7-12(10)18-13;/h4-7,14,19H,8-9H2,1-3H3;/q-1;+1. The predicted molar refractivity (Wildman–Crippen MR) is 88.9 cm³/mol. The number of hydroxylamine groups is 1. The maximum Gasteiger partial charge on any atom is 0.410 e. The van der Waals surface area contributed by atoms with Crippen molar-refractivity contribution in [3.05, 3.63) is 35.8 Å². The van der Waals surface area contributed by atoms with E-state index in [4.69, 9.17) is 8.63 Å². The number of amides is 1. The minimum atomic E-state index is -0.544. The molecule has 1 amide bonds. The van der Waals surface area contributed by atoms with Gasteiger partial charge >= 0.3 is 22.7 Å². The van der Waals surface area contributed by atoms with Crippen molar-refractivity contribution in [1.29, 1.82) is 0 Å². The molecule has 0 fully saturated rings. The van der Waals surface area contributed by atoms with Crippen molar-refractivity contribution < 1.29 is 13.4 Å². The Morgan fingerprint density at radius 1 is 1.46 bits per heavy atom. The third kappa shape index (κ3) is 3.68. The second kappa shape index (κ2) is 6.65. The number of rotatable bonds is 2. The van der Waals surface area contributed by atoms with Crippen LogP contribution < -0.4 is 5.48 Å². The number of ether oxygens (including phenoxy) is 1. The largest absolute Gasteiger partial charge is 0.451 e. The highest BCUT2D eigenvalue weighted by Gasteiger charge is 2.32. The van der Waals surface area contributed by atoms with Crippen LogP contribution in [0.2, 0.25) is 0 Å². The van der Waals surface area contributed by atoms with E-state index < -0.39 is 5.60 Å². The fourth-order valence-corrected chi connectivity index (χ4v) is 2.88. The molecule has 0 bridgehead atoms. The van der Waals surface area contributed by atoms with Crippen LogP contribution in [0.5, 0.6) is 0 Å². The number of hydrogen-bond donors (Lipinski definition) is 1. The van der Waals surface area contributed by atoms with Crippen molar-refractivity contribution in [3.63, 3.8) is 0 Å². The first-order valence-corrected chi connectivity index (χ1v) is 8.17. The van der Waals surface area contributed by atoms with Crippen LogP contribution >= 0.6 is 0 Å². The van der Waals surface area contributed by atoms with Crippen LogP contribution in [0, 0.1) is 0 Å². The molecule has 0 saturated heterocycles. The minimum absolute atomic E-state index is 0.191. The Hall–Kier alpha value is -1.72. The summed E-state index contributed by atoms with van der Waals surface area (Å²) in [6.07, 6.45) is 3.09. The fourth-order valence-electron chi connectivity index (χ4n) is 2.71. The molecule has 7 nitrogen and oxygen atoms in total. The van der Waals surface area contributed by atoms with Crippen molar-refractivity contribution in [2.75, 3.05) is 6.54 Å². The second-order valence-electron chi connectivity index (χ2n) is 6.74. The van der Waals surface area contributed by atoms with Gasteiger partial charge in [0.2, 0.25) is 0 Å². The summed E-state index contributed by atoms with van der Waals surface area (Å²) < 4.78 is 10.5. The summed E-state index contributed by atoms with van der Waals surface area (Å²) in [7, 11) is 0. The number of pyridine rings is 2. The van der Waals surface area contributed by atoms with Crippen LogP contribution in [0.4, 0.5) is 4.79 Å². The van der Waals surface area contributed by atoms with E-state index in [9.17, 15) is 4.79 Å². The van der Waals surface area contributed by atoms with E-state index in [-0.39, 0.29) is 12.1 Å². The molecular formula is C16H19AlN4O3. The van der Waals surface area contributed by atoms with Gasteiger partial charge in [-0.3, -0.25) is 4.98 Å². The van der Waals surface area contributed by atoms with Crippen LogP contribution in [0.25, 0.3) is 10.9 Å². The smallest absolute Gasteiger partial charge is 0.410 e. The van der Waals surface area contributed by atoms with Crippen LogP contribution in [-0.2, 0) is 15.2 Å². The summed E-state index contributed by atoms with van der Waals surface area (Å²) in [5.41, 5.74) is 4.99. The van der Waals surface area contributed by atoms with Crippen LogP contribution in [0.3, 0.4) is 0 Å². The van der Waals surface area contributed by atoms with Gasteiger partial charge in [0.05, 0.1) is 30.0 Å². The molecule has 3 heterocycles. The van der Waals surface area contributed by atoms with Crippen molar-refractivity contribution in [2.24, 2.45) is 0 Å². The van der Waals surface area contributed by atoms with E-state index >= 15 is 0 Å². The van der Waals surface area contributed by atoms with Gasteiger partial charge in [-0.15, -0.1) is 0 Å². The van der Waals surface area contributed by atoms with Crippen LogP contribution in [0.15, 0.2) is 24.5 Å². The van der Waals surface area contributed by atoms with E-state index in [1.54, 1.807) is 17.3 Å². The molecule has 1 aliphatic rings. The summed E-state index contributed by atoms with van der Waals surface area (Å²) in [5.74, 6) is 0. The quantitative estimate of drug-likeness (QED) is 0.665. The van der Waals surface area contributed by atoms with E-state index in [0.29, 0.717) is 13.1 Å². The Labute approximate surface area is 149 Å². The summed E-state index contributed by atoms with van der Waals surface area (Å²) >= 11 is 2.16. The number of nitrogens with zero attached hydrogens (tertiary/aromatic N) is 3. The molecule has 3 rings (SSSR count). The number of carbonyl (C=O) groups is 1. The second-order valence-corrected chi connectivity index (χ2v) is 6.98. The van der Waals surface area contributed by atoms with Crippen molar-refractivity contribution >= 4 is 33.6 Å². The highest BCUT2D eigenvalue weighted by Crippen LogP contribution is 2.29. The van der Waals surface area contributed by atoms with E-state index in [1.807, 2.05) is 26.8 Å². The molecule has 0 aromatic carbocycles. The van der Waals surface area contributed by atoms with Crippen molar-refractivity contribution in [1.82, 2.24) is 20.3 Å². The molecule has 2 aromatic heterocycles. The third-order valence-corrected chi connectivity index (χ3v) is 3.85. The zero-order valence-electron chi connectivity index (χ0n) is 13.9. The highest BCUT2D eigenvalue weighted by molar-refractivity contribution is 5.97. The Bertz CT molecular complexity index is 763. The molecule has 1 unspecified atom stereocenters. The average Bonchev–Trinajstić information content (AvgIpc) is 2.51. The predicted octanol–water partition coefficient (Wildman–Crippen LogP) is 2.03. The average molecular weight is 342 g/mol. The number of fused-ring (bicyclic) bond motifs is 2. The number of nitrogens with one attached hydrogen (secondary N) is 1. The molecule has 0 saturated carbocycles. The Morgan fingerprint density at radius 2 is 2.25 bits per heavy atom. The fraction of sp³-hybridized carbons (Fsp3) is 0.438. The Balaban J connectivity index is 1.95. The molecule has 0 aliphatic carbocycles. The van der Waals surface area contributed by atoms with Crippen LogP contribution in [0.1, 0.15) is 38.1 Å². The van der Waals surface area contributed by atoms with Gasteiger partial charge < -0.3 is 13.5 Å². The van der Waals surface area contributed by atoms with Gasteiger partial charge in [-0.05, 0) is 38.5 Å². The molecule has 2 radical (unpaired) electrons. The monoisotopic (exact) mass is 342 g/mol. The van der Waals surface area contributed by atoms with E-state index in [0.717, 1.165) is 22.2 Å². The SMILES string of the molecule is CC(C)(C)OC(=O)N1Cc2nc3cnccc3cc2C(N[O][Al])C1. The minimum Gasteiger partial charge on any atom is -0.451 e.